The van der Waals surface area contributed by atoms with Crippen molar-refractivity contribution in [2.45, 2.75) is 26.4 Å². The highest BCUT2D eigenvalue weighted by Crippen LogP contribution is 2.12. The Morgan fingerprint density at radius 3 is 2.44 bits per heavy atom. The fourth-order valence-corrected chi connectivity index (χ4v) is 2.01. The van der Waals surface area contributed by atoms with E-state index in [1.807, 2.05) is 41.8 Å². The van der Waals surface area contributed by atoms with Crippen molar-refractivity contribution in [1.29, 1.82) is 0 Å². The van der Waals surface area contributed by atoms with Crippen molar-refractivity contribution in [3.05, 3.63) is 47.4 Å². The molecule has 0 atom stereocenters. The molecule has 1 aromatic carbocycles. The van der Waals surface area contributed by atoms with Crippen LogP contribution in [0.2, 0.25) is 0 Å². The molecule has 0 radical (unpaired) electrons. The zero-order valence-electron chi connectivity index (χ0n) is 9.52. The highest BCUT2D eigenvalue weighted by molar-refractivity contribution is 5.75. The van der Waals surface area contributed by atoms with Crippen LogP contribution in [0.5, 0.6) is 0 Å². The third-order valence-corrected chi connectivity index (χ3v) is 2.80. The Balaban J connectivity index is 2.67. The Labute approximate surface area is 94.6 Å². The topological polar surface area (TPSA) is 26.9 Å². The molecule has 0 unspecified atom stereocenters. The van der Waals surface area contributed by atoms with Gasteiger partial charge in [0.05, 0.1) is 11.0 Å². The van der Waals surface area contributed by atoms with E-state index in [4.69, 9.17) is 0 Å². The summed E-state index contributed by atoms with van der Waals surface area (Å²) in [6.45, 7) is 7.09. The van der Waals surface area contributed by atoms with Crippen molar-refractivity contribution >= 4 is 11.0 Å². The zero-order valence-corrected chi connectivity index (χ0v) is 9.52. The van der Waals surface area contributed by atoms with Gasteiger partial charge in [0.2, 0.25) is 0 Å². The first kappa shape index (κ1) is 10.7. The molecular weight excluding hydrogens is 200 g/mol. The minimum Gasteiger partial charge on any atom is -0.292 e. The van der Waals surface area contributed by atoms with Crippen molar-refractivity contribution < 1.29 is 0 Å². The van der Waals surface area contributed by atoms with E-state index in [0.29, 0.717) is 13.1 Å². The Bertz CT molecular complexity index is 563. The third kappa shape index (κ3) is 1.58. The molecule has 0 saturated heterocycles. The number of benzene rings is 1. The van der Waals surface area contributed by atoms with Gasteiger partial charge in [-0.15, -0.1) is 6.58 Å². The van der Waals surface area contributed by atoms with Gasteiger partial charge in [-0.05, 0) is 25.5 Å². The van der Waals surface area contributed by atoms with Gasteiger partial charge < -0.3 is 0 Å². The van der Waals surface area contributed by atoms with E-state index < -0.39 is 0 Å². The van der Waals surface area contributed by atoms with E-state index in [2.05, 4.69) is 6.58 Å². The summed E-state index contributed by atoms with van der Waals surface area (Å²) in [6.07, 6.45) is 2.65. The summed E-state index contributed by atoms with van der Waals surface area (Å²) >= 11 is 0. The minimum absolute atomic E-state index is 0.0746. The molecule has 0 aliphatic carbocycles. The van der Waals surface area contributed by atoms with Crippen LogP contribution in [-0.2, 0) is 13.1 Å². The van der Waals surface area contributed by atoms with Crippen LogP contribution in [0.3, 0.4) is 0 Å². The number of fused-ring (bicyclic) bond motifs is 1. The predicted octanol–water partition coefficient (Wildman–Crippen LogP) is 2.40. The molecule has 0 amide bonds. The number of hydrogen-bond acceptors (Lipinski definition) is 1. The van der Waals surface area contributed by atoms with E-state index >= 15 is 0 Å². The van der Waals surface area contributed by atoms with Gasteiger partial charge >= 0.3 is 5.69 Å². The van der Waals surface area contributed by atoms with Gasteiger partial charge in [-0.2, -0.15) is 0 Å². The van der Waals surface area contributed by atoms with Crippen LogP contribution < -0.4 is 5.69 Å². The van der Waals surface area contributed by atoms with Crippen LogP contribution in [0.25, 0.3) is 11.0 Å². The number of rotatable bonds is 4. The summed E-state index contributed by atoms with van der Waals surface area (Å²) < 4.78 is 3.62. The van der Waals surface area contributed by atoms with Gasteiger partial charge in [-0.1, -0.05) is 18.2 Å². The lowest BCUT2D eigenvalue weighted by Gasteiger charge is -1.98. The largest absolute Gasteiger partial charge is 0.329 e. The summed E-state index contributed by atoms with van der Waals surface area (Å²) in [4.78, 5) is 12.1. The summed E-state index contributed by atoms with van der Waals surface area (Å²) in [5, 5.41) is 0. The van der Waals surface area contributed by atoms with E-state index in [1.54, 1.807) is 4.57 Å². The van der Waals surface area contributed by atoms with Crippen LogP contribution in [-0.4, -0.2) is 9.13 Å². The van der Waals surface area contributed by atoms with Gasteiger partial charge in [0.15, 0.2) is 0 Å². The van der Waals surface area contributed by atoms with E-state index in [-0.39, 0.29) is 5.69 Å². The Morgan fingerprint density at radius 1 is 1.25 bits per heavy atom. The van der Waals surface area contributed by atoms with E-state index in [0.717, 1.165) is 17.5 Å². The van der Waals surface area contributed by atoms with Crippen LogP contribution in [0, 0.1) is 0 Å². The Morgan fingerprint density at radius 2 is 1.88 bits per heavy atom. The summed E-state index contributed by atoms with van der Waals surface area (Å²) in [5.74, 6) is 0. The van der Waals surface area contributed by atoms with Crippen molar-refractivity contribution in [3.8, 4) is 0 Å². The monoisotopic (exact) mass is 216 g/mol. The molecule has 1 aromatic heterocycles. The molecule has 2 aromatic rings. The quantitative estimate of drug-likeness (QED) is 0.721. The normalized spacial score (nSPS) is 10.8. The molecule has 1 heterocycles. The number of aryl methyl sites for hydroxylation is 2. The Kier molecular flexibility index (Phi) is 2.95. The first-order valence-corrected chi connectivity index (χ1v) is 5.58. The van der Waals surface area contributed by atoms with Gasteiger partial charge in [0.1, 0.15) is 0 Å². The summed E-state index contributed by atoms with van der Waals surface area (Å²) in [6, 6.07) is 7.91. The van der Waals surface area contributed by atoms with E-state index in [9.17, 15) is 4.79 Å². The second kappa shape index (κ2) is 4.39. The number of aromatic nitrogens is 2. The van der Waals surface area contributed by atoms with Gasteiger partial charge in [0.25, 0.3) is 0 Å². The van der Waals surface area contributed by atoms with Gasteiger partial charge in [-0.3, -0.25) is 9.13 Å². The maximum absolute atomic E-state index is 12.1. The SMILES string of the molecule is C=CCCn1c(=O)n(CC)c2ccccc21. The average molecular weight is 216 g/mol. The first-order chi connectivity index (χ1) is 7.79. The lowest BCUT2D eigenvalue weighted by Crippen LogP contribution is -2.23. The molecular formula is C13H16N2O. The van der Waals surface area contributed by atoms with Crippen LogP contribution in [0.4, 0.5) is 0 Å². The summed E-state index contributed by atoms with van der Waals surface area (Å²) in [5.41, 5.74) is 2.10. The van der Waals surface area contributed by atoms with Crippen molar-refractivity contribution in [3.63, 3.8) is 0 Å². The van der Waals surface area contributed by atoms with Gasteiger partial charge in [-0.25, -0.2) is 4.79 Å². The molecule has 0 spiro atoms. The second-order valence-electron chi connectivity index (χ2n) is 3.74. The molecule has 0 aliphatic heterocycles. The minimum atomic E-state index is 0.0746. The third-order valence-electron chi connectivity index (χ3n) is 2.80. The van der Waals surface area contributed by atoms with Gasteiger partial charge in [0, 0.05) is 13.1 Å². The average Bonchev–Trinajstić information content (AvgIpc) is 2.58. The maximum Gasteiger partial charge on any atom is 0.329 e. The smallest absolute Gasteiger partial charge is 0.292 e. The van der Waals surface area contributed by atoms with Crippen molar-refractivity contribution in [2.24, 2.45) is 0 Å². The molecule has 84 valence electrons. The number of imidazole rings is 1. The number of hydrogen-bond donors (Lipinski definition) is 0. The molecule has 0 fully saturated rings. The van der Waals surface area contributed by atoms with Crippen molar-refractivity contribution in [1.82, 2.24) is 9.13 Å². The Hall–Kier alpha value is -1.77. The van der Waals surface area contributed by atoms with E-state index in [1.165, 1.54) is 0 Å². The molecule has 16 heavy (non-hydrogen) atoms. The molecule has 0 bridgehead atoms. The number of para-hydroxylation sites is 2. The lowest BCUT2D eigenvalue weighted by molar-refractivity contribution is 0.648. The standard InChI is InChI=1S/C13H16N2O/c1-3-5-10-15-12-9-7-6-8-11(12)14(4-2)13(15)16/h3,6-9H,1,4-5,10H2,2H3. The first-order valence-electron chi connectivity index (χ1n) is 5.58. The number of allylic oxidation sites excluding steroid dienone is 1. The zero-order chi connectivity index (χ0) is 11.5. The number of nitrogens with zero attached hydrogens (tertiary/aromatic N) is 2. The molecule has 3 nitrogen and oxygen atoms in total. The highest BCUT2D eigenvalue weighted by atomic mass is 16.1. The second-order valence-corrected chi connectivity index (χ2v) is 3.74. The predicted molar refractivity (Wildman–Crippen MR) is 66.7 cm³/mol. The molecule has 2 rings (SSSR count). The highest BCUT2D eigenvalue weighted by Gasteiger charge is 2.09. The summed E-state index contributed by atoms with van der Waals surface area (Å²) in [7, 11) is 0. The lowest BCUT2D eigenvalue weighted by atomic mass is 10.3. The molecule has 3 heteroatoms. The maximum atomic E-state index is 12.1. The van der Waals surface area contributed by atoms with Crippen LogP contribution in [0.15, 0.2) is 41.7 Å². The van der Waals surface area contributed by atoms with Crippen LogP contribution in [0.1, 0.15) is 13.3 Å². The van der Waals surface area contributed by atoms with Crippen LogP contribution >= 0.6 is 0 Å². The van der Waals surface area contributed by atoms with Crippen molar-refractivity contribution in [2.75, 3.05) is 0 Å². The fraction of sp³-hybridized carbons (Fsp3) is 0.308. The fourth-order valence-electron chi connectivity index (χ4n) is 2.01. The molecule has 0 aliphatic rings. The molecule has 0 N–H and O–H groups in total. The molecule has 0 saturated carbocycles.